The van der Waals surface area contributed by atoms with Crippen LogP contribution in [0.3, 0.4) is 0 Å². The van der Waals surface area contributed by atoms with Gasteiger partial charge in [0.25, 0.3) is 5.91 Å². The molecular formula is C30H25BrFN5O3. The summed E-state index contributed by atoms with van der Waals surface area (Å²) in [6.07, 6.45) is 2.09. The molecule has 3 aromatic carbocycles. The van der Waals surface area contributed by atoms with Gasteiger partial charge in [0.05, 0.1) is 18.2 Å². The van der Waals surface area contributed by atoms with Gasteiger partial charge in [0.2, 0.25) is 5.91 Å². The normalized spacial score (nSPS) is 14.2. The Labute approximate surface area is 237 Å². The highest BCUT2D eigenvalue weighted by Crippen LogP contribution is 2.29. The van der Waals surface area contributed by atoms with Crippen molar-refractivity contribution in [3.05, 3.63) is 112 Å². The third-order valence-corrected chi connectivity index (χ3v) is 7.70. The van der Waals surface area contributed by atoms with Crippen LogP contribution in [0.15, 0.2) is 87.9 Å². The summed E-state index contributed by atoms with van der Waals surface area (Å²) < 4.78 is 22.3. The fourth-order valence-electron chi connectivity index (χ4n) is 4.80. The number of nitrogens with zero attached hydrogens (tertiary/aromatic N) is 4. The number of nitrogens with one attached hydrogen (secondary N) is 1. The molecule has 1 saturated heterocycles. The van der Waals surface area contributed by atoms with Gasteiger partial charge in [-0.2, -0.15) is 0 Å². The number of hydrogen-bond donors (Lipinski definition) is 1. The third-order valence-electron chi connectivity index (χ3n) is 7.21. The van der Waals surface area contributed by atoms with Gasteiger partial charge in [0.1, 0.15) is 11.4 Å². The van der Waals surface area contributed by atoms with Crippen LogP contribution in [0.25, 0.3) is 11.0 Å². The predicted molar refractivity (Wildman–Crippen MR) is 152 cm³/mol. The van der Waals surface area contributed by atoms with E-state index in [-0.39, 0.29) is 41.8 Å². The van der Waals surface area contributed by atoms with E-state index < -0.39 is 0 Å². The Bertz CT molecular complexity index is 1680. The zero-order valence-electron chi connectivity index (χ0n) is 21.6. The minimum Gasteiger partial charge on any atom is -0.451 e. The molecule has 40 heavy (non-hydrogen) atoms. The Balaban J connectivity index is 1.01. The van der Waals surface area contributed by atoms with E-state index >= 15 is 0 Å². The number of amides is 2. The van der Waals surface area contributed by atoms with Crippen molar-refractivity contribution in [2.45, 2.75) is 25.3 Å². The maximum atomic E-state index is 14.4. The average Bonchev–Trinajstić information content (AvgIpc) is 3.56. The number of halogens is 2. The molecule has 1 fully saturated rings. The highest BCUT2D eigenvalue weighted by molar-refractivity contribution is 9.10. The van der Waals surface area contributed by atoms with Gasteiger partial charge in [0, 0.05) is 46.3 Å². The molecule has 2 aromatic heterocycles. The molecule has 3 heterocycles. The first kappa shape index (κ1) is 25.9. The molecule has 1 N–H and O–H groups in total. The summed E-state index contributed by atoms with van der Waals surface area (Å²) in [7, 11) is 0. The summed E-state index contributed by atoms with van der Waals surface area (Å²) in [6, 6.07) is 21.0. The van der Waals surface area contributed by atoms with Crippen LogP contribution in [0.2, 0.25) is 0 Å². The molecule has 0 saturated carbocycles. The standard InChI is InChI=1S/C30H25BrFN5O3/c1-18(24-11-8-22(31)14-25(24)32)37-17-26(34-35-37)21-15-36(16-21)29(38)12-19-6-9-23(10-7-19)33-30(39)28-13-20-4-2-3-5-27(20)40-28/h2-11,13-14,17-18,21H,12,15-16H2,1H3,(H,33,39)/t18-/m0/s1. The van der Waals surface area contributed by atoms with Crippen molar-refractivity contribution >= 4 is 44.4 Å². The summed E-state index contributed by atoms with van der Waals surface area (Å²) in [4.78, 5) is 27.2. The van der Waals surface area contributed by atoms with Crippen molar-refractivity contribution in [3.8, 4) is 0 Å². The van der Waals surface area contributed by atoms with E-state index in [4.69, 9.17) is 4.42 Å². The predicted octanol–water partition coefficient (Wildman–Crippen LogP) is 5.96. The van der Waals surface area contributed by atoms with Gasteiger partial charge < -0.3 is 14.6 Å². The van der Waals surface area contributed by atoms with E-state index in [1.54, 1.807) is 39.9 Å². The zero-order valence-corrected chi connectivity index (χ0v) is 23.1. The van der Waals surface area contributed by atoms with Crippen LogP contribution >= 0.6 is 15.9 Å². The van der Waals surface area contributed by atoms with E-state index in [2.05, 4.69) is 31.6 Å². The van der Waals surface area contributed by atoms with Gasteiger partial charge in [-0.05, 0) is 48.9 Å². The summed E-state index contributed by atoms with van der Waals surface area (Å²) >= 11 is 3.28. The Morgan fingerprint density at radius 1 is 1.10 bits per heavy atom. The molecule has 5 aromatic rings. The first-order valence-electron chi connectivity index (χ1n) is 12.9. The van der Waals surface area contributed by atoms with Gasteiger partial charge in [-0.1, -0.05) is 57.5 Å². The molecule has 0 radical (unpaired) electrons. The van der Waals surface area contributed by atoms with Crippen LogP contribution < -0.4 is 5.32 Å². The van der Waals surface area contributed by atoms with Crippen LogP contribution in [0, 0.1) is 5.82 Å². The summed E-state index contributed by atoms with van der Waals surface area (Å²) in [5.74, 6) is -0.285. The number of furan rings is 1. The van der Waals surface area contributed by atoms with Gasteiger partial charge in [-0.25, -0.2) is 9.07 Å². The lowest BCUT2D eigenvalue weighted by Crippen LogP contribution is -2.49. The largest absolute Gasteiger partial charge is 0.451 e. The highest BCUT2D eigenvalue weighted by atomic mass is 79.9. The quantitative estimate of drug-likeness (QED) is 0.248. The van der Waals surface area contributed by atoms with Crippen LogP contribution in [0.4, 0.5) is 10.1 Å². The van der Waals surface area contributed by atoms with Crippen molar-refractivity contribution in [2.24, 2.45) is 0 Å². The summed E-state index contributed by atoms with van der Waals surface area (Å²) in [5, 5.41) is 12.2. The second-order valence-corrected chi connectivity index (χ2v) is 10.9. The number of aromatic nitrogens is 3. The first-order chi connectivity index (χ1) is 19.3. The molecule has 2 amide bonds. The van der Waals surface area contributed by atoms with E-state index in [1.807, 2.05) is 49.5 Å². The Morgan fingerprint density at radius 3 is 2.62 bits per heavy atom. The van der Waals surface area contributed by atoms with Crippen molar-refractivity contribution < 1.29 is 18.4 Å². The lowest BCUT2D eigenvalue weighted by Gasteiger charge is -2.38. The minimum absolute atomic E-state index is 0.0213. The minimum atomic E-state index is -0.333. The number of rotatable bonds is 7. The first-order valence-corrected chi connectivity index (χ1v) is 13.7. The molecule has 0 bridgehead atoms. The van der Waals surface area contributed by atoms with Gasteiger partial charge >= 0.3 is 0 Å². The van der Waals surface area contributed by atoms with Crippen molar-refractivity contribution in [3.63, 3.8) is 0 Å². The maximum Gasteiger partial charge on any atom is 0.291 e. The second-order valence-electron chi connectivity index (χ2n) is 9.94. The molecule has 1 aliphatic rings. The molecule has 1 atom stereocenters. The number of anilines is 1. The lowest BCUT2D eigenvalue weighted by atomic mass is 9.96. The second kappa shape index (κ2) is 10.7. The fraction of sp³-hybridized carbons (Fsp3) is 0.200. The molecule has 1 aliphatic heterocycles. The molecule has 10 heteroatoms. The molecule has 0 unspecified atom stereocenters. The third kappa shape index (κ3) is 5.27. The topological polar surface area (TPSA) is 93.3 Å². The van der Waals surface area contributed by atoms with Crippen LogP contribution in [-0.4, -0.2) is 44.8 Å². The number of carbonyl (C=O) groups excluding carboxylic acids is 2. The molecule has 202 valence electrons. The smallest absolute Gasteiger partial charge is 0.291 e. The SMILES string of the molecule is C[C@@H](c1ccc(Br)cc1F)n1cc(C2CN(C(=O)Cc3ccc(NC(=O)c4cc5ccccc5o4)cc3)C2)nn1. The number of fused-ring (bicyclic) bond motifs is 1. The van der Waals surface area contributed by atoms with Gasteiger partial charge in [-0.15, -0.1) is 5.10 Å². The number of benzene rings is 3. The number of likely N-dealkylation sites (tertiary alicyclic amines) is 1. The fourth-order valence-corrected chi connectivity index (χ4v) is 5.13. The molecule has 0 spiro atoms. The zero-order chi connectivity index (χ0) is 27.8. The van der Waals surface area contributed by atoms with Gasteiger partial charge in [0.15, 0.2) is 5.76 Å². The average molecular weight is 602 g/mol. The van der Waals surface area contributed by atoms with Crippen molar-refractivity contribution in [2.75, 3.05) is 18.4 Å². The van der Waals surface area contributed by atoms with E-state index in [0.717, 1.165) is 16.6 Å². The monoisotopic (exact) mass is 601 g/mol. The van der Waals surface area contributed by atoms with Crippen LogP contribution in [-0.2, 0) is 11.2 Å². The lowest BCUT2D eigenvalue weighted by molar-refractivity contribution is -0.134. The summed E-state index contributed by atoms with van der Waals surface area (Å²) in [6.45, 7) is 2.99. The van der Waals surface area contributed by atoms with E-state index in [0.29, 0.717) is 34.4 Å². The Kier molecular flexibility index (Phi) is 6.93. The van der Waals surface area contributed by atoms with Gasteiger partial charge in [-0.3, -0.25) is 9.59 Å². The Morgan fingerprint density at radius 2 is 1.88 bits per heavy atom. The Hall–Kier alpha value is -4.31. The number of hydrogen-bond acceptors (Lipinski definition) is 5. The van der Waals surface area contributed by atoms with Crippen molar-refractivity contribution in [1.82, 2.24) is 19.9 Å². The maximum absolute atomic E-state index is 14.4. The van der Waals surface area contributed by atoms with Crippen LogP contribution in [0.1, 0.15) is 46.3 Å². The van der Waals surface area contributed by atoms with Crippen molar-refractivity contribution in [1.29, 1.82) is 0 Å². The number of para-hydroxylation sites is 1. The molecule has 8 nitrogen and oxygen atoms in total. The number of carbonyl (C=O) groups is 2. The molecule has 0 aliphatic carbocycles. The molecule has 6 rings (SSSR count). The highest BCUT2D eigenvalue weighted by Gasteiger charge is 2.33. The summed E-state index contributed by atoms with van der Waals surface area (Å²) in [5.41, 5.74) is 3.45. The molecular weight excluding hydrogens is 577 g/mol. The van der Waals surface area contributed by atoms with Crippen LogP contribution in [0.5, 0.6) is 0 Å². The van der Waals surface area contributed by atoms with E-state index in [1.165, 1.54) is 6.07 Å². The van der Waals surface area contributed by atoms with E-state index in [9.17, 15) is 14.0 Å².